The van der Waals surface area contributed by atoms with Gasteiger partial charge in [-0.25, -0.2) is 4.99 Å². The zero-order valence-electron chi connectivity index (χ0n) is 8.49. The van der Waals surface area contributed by atoms with Gasteiger partial charge in [0.1, 0.15) is 6.61 Å². The van der Waals surface area contributed by atoms with E-state index >= 15 is 0 Å². The van der Waals surface area contributed by atoms with Gasteiger partial charge in [-0.2, -0.15) is 0 Å². The molecule has 0 unspecified atom stereocenters. The minimum Gasteiger partial charge on any atom is -0.476 e. The van der Waals surface area contributed by atoms with Crippen LogP contribution in [0, 0.1) is 0 Å². The maximum Gasteiger partial charge on any atom is 0.216 e. The van der Waals surface area contributed by atoms with Crippen LogP contribution in [0.25, 0.3) is 0 Å². The number of aryl methyl sites for hydroxylation is 1. The summed E-state index contributed by atoms with van der Waals surface area (Å²) in [5.74, 6) is 0.828. The summed E-state index contributed by atoms with van der Waals surface area (Å²) in [6, 6.07) is 8.36. The van der Waals surface area contributed by atoms with Gasteiger partial charge in [-0.05, 0) is 18.1 Å². The Labute approximate surface area is 84.6 Å². The number of aliphatic imine (C=N–C) groups is 1. The molecule has 0 spiro atoms. The molecule has 0 radical (unpaired) electrons. The number of hydrogen-bond acceptors (Lipinski definition) is 2. The third kappa shape index (κ3) is 1.79. The van der Waals surface area contributed by atoms with Gasteiger partial charge >= 0.3 is 0 Å². The quantitative estimate of drug-likeness (QED) is 0.715. The Kier molecular flexibility index (Phi) is 2.82. The van der Waals surface area contributed by atoms with Crippen molar-refractivity contribution in [1.29, 1.82) is 0 Å². The molecule has 0 saturated heterocycles. The van der Waals surface area contributed by atoms with Gasteiger partial charge in [-0.1, -0.05) is 31.5 Å². The Morgan fingerprint density at radius 1 is 1.36 bits per heavy atom. The SMILES string of the molecule is CCCc1ccccc1C1=NCCO1. The number of ether oxygens (including phenoxy) is 1. The summed E-state index contributed by atoms with van der Waals surface area (Å²) in [6.07, 6.45) is 2.25. The van der Waals surface area contributed by atoms with Crippen molar-refractivity contribution >= 4 is 5.90 Å². The van der Waals surface area contributed by atoms with Crippen molar-refractivity contribution in [2.75, 3.05) is 13.2 Å². The third-order valence-corrected chi connectivity index (χ3v) is 2.35. The van der Waals surface area contributed by atoms with Crippen LogP contribution in [0.5, 0.6) is 0 Å². The van der Waals surface area contributed by atoms with Crippen LogP contribution >= 0.6 is 0 Å². The molecule has 0 amide bonds. The second-order valence-corrected chi connectivity index (χ2v) is 3.44. The van der Waals surface area contributed by atoms with Crippen molar-refractivity contribution in [1.82, 2.24) is 0 Å². The van der Waals surface area contributed by atoms with Crippen molar-refractivity contribution in [3.63, 3.8) is 0 Å². The second kappa shape index (κ2) is 4.27. The fourth-order valence-corrected chi connectivity index (χ4v) is 1.71. The minimum atomic E-state index is 0.732. The molecule has 0 saturated carbocycles. The first-order chi connectivity index (χ1) is 6.92. The number of rotatable bonds is 3. The summed E-state index contributed by atoms with van der Waals surface area (Å²) in [5.41, 5.74) is 2.52. The van der Waals surface area contributed by atoms with Crippen LogP contribution in [0.2, 0.25) is 0 Å². The van der Waals surface area contributed by atoms with Crippen LogP contribution in [0.4, 0.5) is 0 Å². The van der Waals surface area contributed by atoms with Crippen molar-refractivity contribution in [2.45, 2.75) is 19.8 Å². The van der Waals surface area contributed by atoms with Gasteiger partial charge in [-0.3, -0.25) is 0 Å². The standard InChI is InChI=1S/C12H15NO/c1-2-5-10-6-3-4-7-11(10)12-13-8-9-14-12/h3-4,6-7H,2,5,8-9H2,1H3. The van der Waals surface area contributed by atoms with Crippen LogP contribution in [0.3, 0.4) is 0 Å². The molecule has 0 aromatic heterocycles. The van der Waals surface area contributed by atoms with Crippen LogP contribution in [-0.4, -0.2) is 19.0 Å². The number of hydrogen-bond donors (Lipinski definition) is 0. The van der Waals surface area contributed by atoms with Gasteiger partial charge in [0.25, 0.3) is 0 Å². The molecule has 1 aromatic rings. The van der Waals surface area contributed by atoms with Gasteiger partial charge in [0.15, 0.2) is 0 Å². The lowest BCUT2D eigenvalue weighted by atomic mass is 10.0. The smallest absolute Gasteiger partial charge is 0.216 e. The molecular weight excluding hydrogens is 174 g/mol. The lowest BCUT2D eigenvalue weighted by Crippen LogP contribution is -2.05. The average molecular weight is 189 g/mol. The van der Waals surface area contributed by atoms with E-state index in [-0.39, 0.29) is 0 Å². The molecule has 14 heavy (non-hydrogen) atoms. The maximum atomic E-state index is 5.48. The van der Waals surface area contributed by atoms with Gasteiger partial charge < -0.3 is 4.74 Å². The van der Waals surface area contributed by atoms with E-state index in [2.05, 4.69) is 30.1 Å². The van der Waals surface area contributed by atoms with E-state index in [0.29, 0.717) is 0 Å². The first-order valence-corrected chi connectivity index (χ1v) is 5.17. The van der Waals surface area contributed by atoms with Crippen LogP contribution in [-0.2, 0) is 11.2 Å². The molecule has 0 aliphatic carbocycles. The Hall–Kier alpha value is -1.31. The second-order valence-electron chi connectivity index (χ2n) is 3.44. The summed E-state index contributed by atoms with van der Waals surface area (Å²) in [5, 5.41) is 0. The summed E-state index contributed by atoms with van der Waals surface area (Å²) < 4.78 is 5.48. The van der Waals surface area contributed by atoms with Crippen molar-refractivity contribution < 1.29 is 4.74 Å². The van der Waals surface area contributed by atoms with E-state index in [1.54, 1.807) is 0 Å². The zero-order chi connectivity index (χ0) is 9.80. The lowest BCUT2D eigenvalue weighted by Gasteiger charge is -2.07. The summed E-state index contributed by atoms with van der Waals surface area (Å²) in [7, 11) is 0. The Bertz CT molecular complexity index is 344. The predicted octanol–water partition coefficient (Wildman–Crippen LogP) is 2.42. The fourth-order valence-electron chi connectivity index (χ4n) is 1.71. The van der Waals surface area contributed by atoms with E-state index < -0.39 is 0 Å². The van der Waals surface area contributed by atoms with E-state index in [9.17, 15) is 0 Å². The molecule has 0 N–H and O–H groups in total. The molecule has 0 bridgehead atoms. The van der Waals surface area contributed by atoms with Gasteiger partial charge in [-0.15, -0.1) is 0 Å². The van der Waals surface area contributed by atoms with E-state index in [0.717, 1.165) is 31.9 Å². The highest BCUT2D eigenvalue weighted by molar-refractivity contribution is 5.96. The highest BCUT2D eigenvalue weighted by Crippen LogP contribution is 2.15. The van der Waals surface area contributed by atoms with Crippen molar-refractivity contribution in [2.24, 2.45) is 4.99 Å². The lowest BCUT2D eigenvalue weighted by molar-refractivity contribution is 0.348. The molecule has 2 rings (SSSR count). The van der Waals surface area contributed by atoms with Crippen LogP contribution in [0.15, 0.2) is 29.3 Å². The van der Waals surface area contributed by atoms with Gasteiger partial charge in [0.05, 0.1) is 6.54 Å². The predicted molar refractivity (Wildman–Crippen MR) is 57.8 cm³/mol. The molecule has 1 aliphatic rings. The number of nitrogens with zero attached hydrogens (tertiary/aromatic N) is 1. The maximum absolute atomic E-state index is 5.48. The van der Waals surface area contributed by atoms with E-state index in [1.807, 2.05) is 6.07 Å². The molecule has 1 aliphatic heterocycles. The monoisotopic (exact) mass is 189 g/mol. The highest BCUT2D eigenvalue weighted by Gasteiger charge is 2.12. The van der Waals surface area contributed by atoms with E-state index in [4.69, 9.17) is 4.74 Å². The largest absolute Gasteiger partial charge is 0.476 e. The minimum absolute atomic E-state index is 0.732. The average Bonchev–Trinajstić information content (AvgIpc) is 2.72. The number of benzene rings is 1. The summed E-state index contributed by atoms with van der Waals surface area (Å²) in [4.78, 5) is 4.34. The Morgan fingerprint density at radius 2 is 2.21 bits per heavy atom. The first-order valence-electron chi connectivity index (χ1n) is 5.17. The van der Waals surface area contributed by atoms with Gasteiger partial charge in [0.2, 0.25) is 5.90 Å². The molecule has 0 atom stereocenters. The third-order valence-electron chi connectivity index (χ3n) is 2.35. The van der Waals surface area contributed by atoms with Crippen LogP contribution in [0.1, 0.15) is 24.5 Å². The van der Waals surface area contributed by atoms with E-state index in [1.165, 1.54) is 11.1 Å². The van der Waals surface area contributed by atoms with Crippen molar-refractivity contribution in [3.8, 4) is 0 Å². The van der Waals surface area contributed by atoms with Crippen LogP contribution < -0.4 is 0 Å². The first kappa shape index (κ1) is 9.25. The molecule has 0 fully saturated rings. The molecule has 2 nitrogen and oxygen atoms in total. The highest BCUT2D eigenvalue weighted by atomic mass is 16.5. The topological polar surface area (TPSA) is 21.6 Å². The fraction of sp³-hybridized carbons (Fsp3) is 0.417. The Balaban J connectivity index is 2.31. The molecule has 1 heterocycles. The molecule has 2 heteroatoms. The summed E-state index contributed by atoms with van der Waals surface area (Å²) >= 11 is 0. The zero-order valence-corrected chi connectivity index (χ0v) is 8.49. The normalized spacial score (nSPS) is 15.1. The van der Waals surface area contributed by atoms with Gasteiger partial charge in [0, 0.05) is 5.56 Å². The summed E-state index contributed by atoms with van der Waals surface area (Å²) in [6.45, 7) is 3.72. The molecule has 1 aromatic carbocycles. The molecular formula is C12H15NO. The Morgan fingerprint density at radius 3 is 2.93 bits per heavy atom. The molecule has 74 valence electrons. The van der Waals surface area contributed by atoms with Crippen molar-refractivity contribution in [3.05, 3.63) is 35.4 Å².